The van der Waals surface area contributed by atoms with E-state index in [2.05, 4.69) is 11.7 Å². The number of esters is 1. The number of carbonyl (C=O) groups excluding carboxylic acids is 1. The van der Waals surface area contributed by atoms with Crippen LogP contribution in [0.15, 0.2) is 0 Å². The summed E-state index contributed by atoms with van der Waals surface area (Å²) in [7, 11) is 0. The Morgan fingerprint density at radius 1 is 1.50 bits per heavy atom. The summed E-state index contributed by atoms with van der Waals surface area (Å²) in [4.78, 5) is 10.2. The highest BCUT2D eigenvalue weighted by Crippen LogP contribution is 1.87. The van der Waals surface area contributed by atoms with E-state index < -0.39 is 0 Å². The summed E-state index contributed by atoms with van der Waals surface area (Å²) >= 11 is 0. The van der Waals surface area contributed by atoms with Crippen molar-refractivity contribution in [2.75, 3.05) is 13.4 Å². The van der Waals surface area contributed by atoms with Crippen molar-refractivity contribution in [3.8, 4) is 0 Å². The van der Waals surface area contributed by atoms with Gasteiger partial charge in [-0.25, -0.2) is 0 Å². The van der Waals surface area contributed by atoms with Crippen molar-refractivity contribution in [1.29, 1.82) is 0 Å². The molecule has 3 nitrogen and oxygen atoms in total. The van der Waals surface area contributed by atoms with Crippen LogP contribution in [0.1, 0.15) is 26.7 Å². The third-order valence-electron chi connectivity index (χ3n) is 0.988. The van der Waals surface area contributed by atoms with E-state index in [1.807, 2.05) is 0 Å². The Morgan fingerprint density at radius 3 is 2.70 bits per heavy atom. The molecule has 0 aliphatic heterocycles. The number of hydrogen-bond acceptors (Lipinski definition) is 3. The normalized spacial score (nSPS) is 9.40. The maximum Gasteiger partial charge on any atom is 0.304 e. The molecule has 0 unspecified atom stereocenters. The molecule has 0 N–H and O–H groups in total. The zero-order valence-electron chi connectivity index (χ0n) is 6.55. The van der Waals surface area contributed by atoms with Gasteiger partial charge in [-0.1, -0.05) is 13.3 Å². The van der Waals surface area contributed by atoms with Gasteiger partial charge in [-0.15, -0.1) is 0 Å². The average molecular weight is 146 g/mol. The highest BCUT2D eigenvalue weighted by Gasteiger charge is 1.90. The lowest BCUT2D eigenvalue weighted by Crippen LogP contribution is -2.04. The van der Waals surface area contributed by atoms with Crippen molar-refractivity contribution in [1.82, 2.24) is 0 Å². The van der Waals surface area contributed by atoms with E-state index in [0.717, 1.165) is 12.8 Å². The van der Waals surface area contributed by atoms with E-state index in [1.54, 1.807) is 0 Å². The van der Waals surface area contributed by atoms with Gasteiger partial charge in [-0.2, -0.15) is 0 Å². The molecule has 0 bridgehead atoms. The Kier molecular flexibility index (Phi) is 6.18. The first-order valence-electron chi connectivity index (χ1n) is 3.48. The van der Waals surface area contributed by atoms with Crippen molar-refractivity contribution >= 4 is 5.97 Å². The van der Waals surface area contributed by atoms with Gasteiger partial charge < -0.3 is 9.47 Å². The Labute approximate surface area is 61.3 Å². The molecule has 0 rings (SSSR count). The first-order valence-corrected chi connectivity index (χ1v) is 3.48. The number of hydrogen-bond donors (Lipinski definition) is 0. The molecule has 0 amide bonds. The number of rotatable bonds is 5. The number of ether oxygens (including phenoxy) is 2. The Balaban J connectivity index is 2.84. The predicted octanol–water partition coefficient (Wildman–Crippen LogP) is 1.32. The molecule has 0 atom stereocenters. The molecule has 0 aliphatic carbocycles. The standard InChI is InChI=1S/C7H14O3/c1-3-4-5-9-6-10-7(2)8/h3-6H2,1-2H3. The molecule has 0 saturated heterocycles. The molecular formula is C7H14O3. The zero-order chi connectivity index (χ0) is 7.82. The number of unbranched alkanes of at least 4 members (excludes halogenated alkanes) is 1. The fourth-order valence-corrected chi connectivity index (χ4v) is 0.430. The monoisotopic (exact) mass is 146 g/mol. The van der Waals surface area contributed by atoms with Gasteiger partial charge in [0, 0.05) is 6.92 Å². The summed E-state index contributed by atoms with van der Waals surface area (Å²) in [5.41, 5.74) is 0. The summed E-state index contributed by atoms with van der Waals surface area (Å²) in [6, 6.07) is 0. The molecule has 3 heteroatoms. The summed E-state index contributed by atoms with van der Waals surface area (Å²) < 4.78 is 9.47. The van der Waals surface area contributed by atoms with E-state index in [4.69, 9.17) is 4.74 Å². The minimum Gasteiger partial charge on any atom is -0.439 e. The zero-order valence-corrected chi connectivity index (χ0v) is 6.55. The first-order chi connectivity index (χ1) is 4.77. The van der Waals surface area contributed by atoms with Gasteiger partial charge in [0.05, 0.1) is 6.61 Å². The quantitative estimate of drug-likeness (QED) is 0.333. The van der Waals surface area contributed by atoms with Crippen molar-refractivity contribution in [3.63, 3.8) is 0 Å². The smallest absolute Gasteiger partial charge is 0.304 e. The van der Waals surface area contributed by atoms with Gasteiger partial charge in [0.2, 0.25) is 0 Å². The molecule has 0 aromatic heterocycles. The van der Waals surface area contributed by atoms with E-state index in [-0.39, 0.29) is 12.8 Å². The predicted molar refractivity (Wildman–Crippen MR) is 37.5 cm³/mol. The highest BCUT2D eigenvalue weighted by atomic mass is 16.7. The lowest BCUT2D eigenvalue weighted by Gasteiger charge is -2.01. The van der Waals surface area contributed by atoms with Crippen LogP contribution >= 0.6 is 0 Å². The fourth-order valence-electron chi connectivity index (χ4n) is 0.430. The highest BCUT2D eigenvalue weighted by molar-refractivity contribution is 5.65. The van der Waals surface area contributed by atoms with E-state index in [9.17, 15) is 4.79 Å². The maximum atomic E-state index is 10.2. The molecule has 0 aromatic rings. The summed E-state index contributed by atoms with van der Waals surface area (Å²) in [5, 5.41) is 0. The van der Waals surface area contributed by atoms with Crippen LogP contribution in [0.25, 0.3) is 0 Å². The molecule has 0 radical (unpaired) electrons. The van der Waals surface area contributed by atoms with Crippen LogP contribution in [0.2, 0.25) is 0 Å². The molecule has 0 heterocycles. The van der Waals surface area contributed by atoms with E-state index in [1.165, 1.54) is 6.92 Å². The van der Waals surface area contributed by atoms with Crippen molar-refractivity contribution in [2.24, 2.45) is 0 Å². The topological polar surface area (TPSA) is 35.5 Å². The second-order valence-electron chi connectivity index (χ2n) is 2.02. The van der Waals surface area contributed by atoms with Gasteiger partial charge >= 0.3 is 5.97 Å². The van der Waals surface area contributed by atoms with Gasteiger partial charge in [0.25, 0.3) is 0 Å². The molecule has 60 valence electrons. The van der Waals surface area contributed by atoms with Gasteiger partial charge in [0.15, 0.2) is 6.79 Å². The van der Waals surface area contributed by atoms with Crippen LogP contribution in [0.4, 0.5) is 0 Å². The first kappa shape index (κ1) is 9.43. The lowest BCUT2D eigenvalue weighted by atomic mass is 10.4. The minimum atomic E-state index is -0.295. The summed E-state index contributed by atoms with van der Waals surface area (Å²) in [5.74, 6) is -0.295. The van der Waals surface area contributed by atoms with Crippen LogP contribution in [0.5, 0.6) is 0 Å². The Bertz CT molecular complexity index is 90.9. The Morgan fingerprint density at radius 2 is 2.20 bits per heavy atom. The lowest BCUT2D eigenvalue weighted by molar-refractivity contribution is -0.153. The molecule has 0 saturated carbocycles. The van der Waals surface area contributed by atoms with Crippen molar-refractivity contribution < 1.29 is 14.3 Å². The second-order valence-corrected chi connectivity index (χ2v) is 2.02. The summed E-state index contributed by atoms with van der Waals surface area (Å²) in [6.45, 7) is 4.21. The summed E-state index contributed by atoms with van der Waals surface area (Å²) in [6.07, 6.45) is 2.11. The maximum absolute atomic E-state index is 10.2. The average Bonchev–Trinajstić information content (AvgIpc) is 1.87. The minimum absolute atomic E-state index is 0.0926. The molecular weight excluding hydrogens is 132 g/mol. The largest absolute Gasteiger partial charge is 0.439 e. The van der Waals surface area contributed by atoms with Crippen LogP contribution in [0, 0.1) is 0 Å². The fraction of sp³-hybridized carbons (Fsp3) is 0.857. The van der Waals surface area contributed by atoms with Gasteiger partial charge in [-0.3, -0.25) is 4.79 Å². The molecule has 0 fully saturated rings. The van der Waals surface area contributed by atoms with Crippen LogP contribution in [-0.4, -0.2) is 19.4 Å². The molecule has 10 heavy (non-hydrogen) atoms. The number of carbonyl (C=O) groups is 1. The van der Waals surface area contributed by atoms with Crippen molar-refractivity contribution in [3.05, 3.63) is 0 Å². The third-order valence-corrected chi connectivity index (χ3v) is 0.988. The van der Waals surface area contributed by atoms with Gasteiger partial charge in [-0.05, 0) is 6.42 Å². The van der Waals surface area contributed by atoms with E-state index >= 15 is 0 Å². The van der Waals surface area contributed by atoms with Crippen molar-refractivity contribution in [2.45, 2.75) is 26.7 Å². The van der Waals surface area contributed by atoms with Crippen LogP contribution in [0.3, 0.4) is 0 Å². The molecule has 0 spiro atoms. The van der Waals surface area contributed by atoms with Crippen LogP contribution < -0.4 is 0 Å². The second kappa shape index (κ2) is 6.55. The molecule has 0 aromatic carbocycles. The third kappa shape index (κ3) is 7.43. The van der Waals surface area contributed by atoms with Crippen LogP contribution in [-0.2, 0) is 14.3 Å². The SMILES string of the molecule is CCCCOCOC(C)=O. The van der Waals surface area contributed by atoms with E-state index in [0.29, 0.717) is 6.61 Å². The molecule has 0 aliphatic rings. The van der Waals surface area contributed by atoms with Gasteiger partial charge in [0.1, 0.15) is 0 Å². The Hall–Kier alpha value is -0.570.